The number of hydrogen-bond acceptors (Lipinski definition) is 2. The molecule has 0 atom stereocenters. The molecule has 2 aromatic carbocycles. The van der Waals surface area contributed by atoms with E-state index in [1.54, 1.807) is 6.07 Å². The maximum atomic E-state index is 13.9. The fourth-order valence-electron chi connectivity index (χ4n) is 1.63. The van der Waals surface area contributed by atoms with E-state index in [1.807, 2.05) is 0 Å². The van der Waals surface area contributed by atoms with Gasteiger partial charge in [-0.15, -0.1) is 0 Å². The quantitative estimate of drug-likeness (QED) is 0.807. The Morgan fingerprint density at radius 3 is 2.30 bits per heavy atom. The first-order valence-electron chi connectivity index (χ1n) is 5.52. The SMILES string of the molecule is CN(c1ccc(Br)cc1F)S(=O)(=O)c1ccc(Cl)cc1. The summed E-state index contributed by atoms with van der Waals surface area (Å²) >= 11 is 8.85. The fraction of sp³-hybridized carbons (Fsp3) is 0.0769. The van der Waals surface area contributed by atoms with Crippen molar-refractivity contribution >= 4 is 43.2 Å². The van der Waals surface area contributed by atoms with Crippen LogP contribution in [0.3, 0.4) is 0 Å². The van der Waals surface area contributed by atoms with E-state index in [4.69, 9.17) is 11.6 Å². The Balaban J connectivity index is 2.45. The average Bonchev–Trinajstić information content (AvgIpc) is 2.38. The molecule has 7 heteroatoms. The van der Waals surface area contributed by atoms with Crippen LogP contribution in [0.1, 0.15) is 0 Å². The highest BCUT2D eigenvalue weighted by Crippen LogP contribution is 2.27. The second-order valence-corrected chi connectivity index (χ2v) is 7.34. The van der Waals surface area contributed by atoms with E-state index in [0.29, 0.717) is 9.50 Å². The molecule has 0 aliphatic carbocycles. The predicted octanol–water partition coefficient (Wildman–Crippen LogP) is 4.07. The van der Waals surface area contributed by atoms with Gasteiger partial charge in [0.05, 0.1) is 10.6 Å². The molecule has 0 N–H and O–H groups in total. The molecular formula is C13H10BrClFNO2S. The van der Waals surface area contributed by atoms with Crippen molar-refractivity contribution in [3.05, 3.63) is 57.8 Å². The molecule has 0 radical (unpaired) electrons. The zero-order valence-corrected chi connectivity index (χ0v) is 13.5. The van der Waals surface area contributed by atoms with Crippen LogP contribution in [-0.2, 0) is 10.0 Å². The fourth-order valence-corrected chi connectivity index (χ4v) is 3.29. The zero-order chi connectivity index (χ0) is 14.9. The lowest BCUT2D eigenvalue weighted by atomic mass is 10.3. The van der Waals surface area contributed by atoms with Crippen LogP contribution in [0.5, 0.6) is 0 Å². The van der Waals surface area contributed by atoms with Crippen molar-refractivity contribution in [1.29, 1.82) is 0 Å². The van der Waals surface area contributed by atoms with Crippen LogP contribution in [0.4, 0.5) is 10.1 Å². The summed E-state index contributed by atoms with van der Waals surface area (Å²) in [5.74, 6) is -0.626. The van der Waals surface area contributed by atoms with Crippen molar-refractivity contribution in [2.24, 2.45) is 0 Å². The van der Waals surface area contributed by atoms with Gasteiger partial charge in [-0.3, -0.25) is 4.31 Å². The minimum atomic E-state index is -3.82. The normalized spacial score (nSPS) is 11.4. The number of nitrogens with zero attached hydrogens (tertiary/aromatic N) is 1. The highest BCUT2D eigenvalue weighted by Gasteiger charge is 2.23. The summed E-state index contributed by atoms with van der Waals surface area (Å²) in [7, 11) is -2.52. The molecule has 0 spiro atoms. The third-order valence-electron chi connectivity index (χ3n) is 2.72. The molecular weight excluding hydrogens is 369 g/mol. The number of hydrogen-bond donors (Lipinski definition) is 0. The number of benzene rings is 2. The van der Waals surface area contributed by atoms with Gasteiger partial charge in [0.25, 0.3) is 10.0 Å². The van der Waals surface area contributed by atoms with E-state index in [0.717, 1.165) is 4.31 Å². The summed E-state index contributed by atoms with van der Waals surface area (Å²) in [6.45, 7) is 0. The van der Waals surface area contributed by atoms with E-state index >= 15 is 0 Å². The molecule has 0 fully saturated rings. The molecule has 0 amide bonds. The van der Waals surface area contributed by atoms with Gasteiger partial charge < -0.3 is 0 Å². The van der Waals surface area contributed by atoms with Gasteiger partial charge in [-0.2, -0.15) is 0 Å². The Hall–Kier alpha value is -1.11. The smallest absolute Gasteiger partial charge is 0.264 e. The lowest BCUT2D eigenvalue weighted by Crippen LogP contribution is -2.27. The Morgan fingerprint density at radius 1 is 1.15 bits per heavy atom. The van der Waals surface area contributed by atoms with Gasteiger partial charge in [0.1, 0.15) is 5.82 Å². The number of rotatable bonds is 3. The van der Waals surface area contributed by atoms with Gasteiger partial charge in [-0.25, -0.2) is 12.8 Å². The summed E-state index contributed by atoms with van der Waals surface area (Å²) in [5.41, 5.74) is -0.0249. The lowest BCUT2D eigenvalue weighted by molar-refractivity contribution is 0.589. The van der Waals surface area contributed by atoms with Gasteiger partial charge in [-0.05, 0) is 42.5 Å². The topological polar surface area (TPSA) is 37.4 Å². The third-order valence-corrected chi connectivity index (χ3v) is 5.25. The van der Waals surface area contributed by atoms with Gasteiger partial charge >= 0.3 is 0 Å². The largest absolute Gasteiger partial charge is 0.266 e. The van der Waals surface area contributed by atoms with Gasteiger partial charge in [-0.1, -0.05) is 27.5 Å². The van der Waals surface area contributed by atoms with Crippen LogP contribution >= 0.6 is 27.5 Å². The molecule has 0 saturated carbocycles. The highest BCUT2D eigenvalue weighted by atomic mass is 79.9. The molecule has 106 valence electrons. The first-order chi connectivity index (χ1) is 9.32. The zero-order valence-electron chi connectivity index (χ0n) is 10.3. The highest BCUT2D eigenvalue weighted by molar-refractivity contribution is 9.10. The Bertz CT molecular complexity index is 735. The Labute approximate surface area is 130 Å². The molecule has 20 heavy (non-hydrogen) atoms. The van der Waals surface area contributed by atoms with Gasteiger partial charge in [0.2, 0.25) is 0 Å². The molecule has 0 aliphatic heterocycles. The maximum Gasteiger partial charge on any atom is 0.264 e. The monoisotopic (exact) mass is 377 g/mol. The predicted molar refractivity (Wildman–Crippen MR) is 81.1 cm³/mol. The third kappa shape index (κ3) is 2.97. The van der Waals surface area contributed by atoms with E-state index in [9.17, 15) is 12.8 Å². The molecule has 3 nitrogen and oxygen atoms in total. The second kappa shape index (κ2) is 5.71. The van der Waals surface area contributed by atoms with Crippen molar-refractivity contribution < 1.29 is 12.8 Å². The first-order valence-corrected chi connectivity index (χ1v) is 8.13. The van der Waals surface area contributed by atoms with Crippen LogP contribution in [0, 0.1) is 5.82 Å². The molecule has 2 aromatic rings. The summed E-state index contributed by atoms with van der Waals surface area (Å²) < 4.78 is 40.1. The summed E-state index contributed by atoms with van der Waals surface area (Å²) in [6.07, 6.45) is 0. The molecule has 2 rings (SSSR count). The number of sulfonamides is 1. The lowest BCUT2D eigenvalue weighted by Gasteiger charge is -2.20. The van der Waals surface area contributed by atoms with Gasteiger partial charge in [0.15, 0.2) is 0 Å². The summed E-state index contributed by atoms with van der Waals surface area (Å²) in [4.78, 5) is 0.0479. The summed E-state index contributed by atoms with van der Waals surface area (Å²) in [5, 5.41) is 0.432. The molecule has 0 saturated heterocycles. The minimum absolute atomic E-state index is 0.0249. The van der Waals surface area contributed by atoms with Crippen LogP contribution in [-0.4, -0.2) is 15.5 Å². The van der Waals surface area contributed by atoms with Crippen molar-refractivity contribution in [2.75, 3.05) is 11.4 Å². The first kappa shape index (κ1) is 15.3. The summed E-state index contributed by atoms with van der Waals surface area (Å²) in [6, 6.07) is 9.89. The van der Waals surface area contributed by atoms with E-state index in [-0.39, 0.29) is 10.6 Å². The molecule has 0 heterocycles. The average molecular weight is 379 g/mol. The maximum absolute atomic E-state index is 13.9. The van der Waals surface area contributed by atoms with Crippen molar-refractivity contribution in [2.45, 2.75) is 4.90 Å². The van der Waals surface area contributed by atoms with Crippen LogP contribution in [0.2, 0.25) is 5.02 Å². The minimum Gasteiger partial charge on any atom is -0.266 e. The Morgan fingerprint density at radius 2 is 1.75 bits per heavy atom. The molecule has 0 unspecified atom stereocenters. The van der Waals surface area contributed by atoms with Crippen LogP contribution in [0.15, 0.2) is 51.8 Å². The number of anilines is 1. The van der Waals surface area contributed by atoms with Crippen LogP contribution < -0.4 is 4.31 Å². The molecule has 0 aromatic heterocycles. The van der Waals surface area contributed by atoms with Crippen molar-refractivity contribution in [3.63, 3.8) is 0 Å². The molecule has 0 bridgehead atoms. The second-order valence-electron chi connectivity index (χ2n) is 4.02. The molecule has 0 aliphatic rings. The Kier molecular flexibility index (Phi) is 4.36. The van der Waals surface area contributed by atoms with Crippen LogP contribution in [0.25, 0.3) is 0 Å². The number of halogens is 3. The van der Waals surface area contributed by atoms with E-state index < -0.39 is 15.8 Å². The van der Waals surface area contributed by atoms with E-state index in [1.165, 1.54) is 43.4 Å². The van der Waals surface area contributed by atoms with Gasteiger partial charge in [0, 0.05) is 16.5 Å². The standard InChI is InChI=1S/C13H10BrClFNO2S/c1-17(13-7-2-9(14)8-12(13)16)20(18,19)11-5-3-10(15)4-6-11/h2-8H,1H3. The van der Waals surface area contributed by atoms with E-state index in [2.05, 4.69) is 15.9 Å². The van der Waals surface area contributed by atoms with Crippen molar-refractivity contribution in [3.8, 4) is 0 Å². The van der Waals surface area contributed by atoms with Crippen molar-refractivity contribution in [1.82, 2.24) is 0 Å².